The predicted molar refractivity (Wildman–Crippen MR) is 77.7 cm³/mol. The van der Waals surface area contributed by atoms with E-state index in [2.05, 4.69) is 24.5 Å². The first-order valence-corrected chi connectivity index (χ1v) is 7.40. The second-order valence-corrected chi connectivity index (χ2v) is 5.73. The summed E-state index contributed by atoms with van der Waals surface area (Å²) in [4.78, 5) is 0. The van der Waals surface area contributed by atoms with Crippen LogP contribution in [0.2, 0.25) is 0 Å². The van der Waals surface area contributed by atoms with Gasteiger partial charge in [0.15, 0.2) is 0 Å². The molecule has 1 fully saturated rings. The minimum absolute atomic E-state index is 0.159. The van der Waals surface area contributed by atoms with Gasteiger partial charge in [-0.15, -0.1) is 0 Å². The van der Waals surface area contributed by atoms with Crippen molar-refractivity contribution in [3.63, 3.8) is 0 Å². The van der Waals surface area contributed by atoms with Gasteiger partial charge in [0.2, 0.25) is 0 Å². The van der Waals surface area contributed by atoms with Gasteiger partial charge in [-0.1, -0.05) is 18.6 Å². The molecule has 106 valence electrons. The third kappa shape index (κ3) is 4.59. The van der Waals surface area contributed by atoms with E-state index in [1.807, 2.05) is 6.07 Å². The van der Waals surface area contributed by atoms with Crippen molar-refractivity contribution in [2.75, 3.05) is 6.54 Å². The standard InChI is InChI=1S/C16H25FN2/c1-12(10-16-8-3-4-9-18-16)19-13(2)14-6-5-7-15(17)11-14/h5-7,11-13,16,18-19H,3-4,8-10H2,1-2H3/t12?,13-,16?/m1/s1. The molecule has 0 radical (unpaired) electrons. The summed E-state index contributed by atoms with van der Waals surface area (Å²) in [7, 11) is 0. The van der Waals surface area contributed by atoms with E-state index in [-0.39, 0.29) is 11.9 Å². The Hall–Kier alpha value is -0.930. The lowest BCUT2D eigenvalue weighted by molar-refractivity contribution is 0.334. The first kappa shape index (κ1) is 14.5. The summed E-state index contributed by atoms with van der Waals surface area (Å²) in [6.45, 7) is 5.46. The molecule has 1 aromatic carbocycles. The van der Waals surface area contributed by atoms with E-state index in [0.717, 1.165) is 18.5 Å². The van der Waals surface area contributed by atoms with E-state index in [9.17, 15) is 4.39 Å². The molecule has 0 aromatic heterocycles. The number of halogens is 1. The van der Waals surface area contributed by atoms with Crippen molar-refractivity contribution in [3.8, 4) is 0 Å². The Balaban J connectivity index is 1.82. The van der Waals surface area contributed by atoms with Gasteiger partial charge in [-0.25, -0.2) is 4.39 Å². The number of nitrogens with one attached hydrogen (secondary N) is 2. The van der Waals surface area contributed by atoms with Crippen LogP contribution in [0.4, 0.5) is 4.39 Å². The van der Waals surface area contributed by atoms with E-state index < -0.39 is 0 Å². The van der Waals surface area contributed by atoms with Crippen LogP contribution in [0.1, 0.15) is 51.1 Å². The highest BCUT2D eigenvalue weighted by Gasteiger charge is 2.17. The monoisotopic (exact) mass is 264 g/mol. The van der Waals surface area contributed by atoms with Gasteiger partial charge in [0.05, 0.1) is 0 Å². The van der Waals surface area contributed by atoms with Crippen LogP contribution in [0.5, 0.6) is 0 Å². The zero-order valence-electron chi connectivity index (χ0n) is 12.0. The Kier molecular flexibility index (Phi) is 5.34. The van der Waals surface area contributed by atoms with E-state index in [4.69, 9.17) is 0 Å². The maximum absolute atomic E-state index is 13.2. The van der Waals surface area contributed by atoms with E-state index in [0.29, 0.717) is 12.1 Å². The largest absolute Gasteiger partial charge is 0.314 e. The average molecular weight is 264 g/mol. The number of benzene rings is 1. The van der Waals surface area contributed by atoms with E-state index >= 15 is 0 Å². The van der Waals surface area contributed by atoms with Gasteiger partial charge < -0.3 is 10.6 Å². The average Bonchev–Trinajstić information content (AvgIpc) is 2.39. The second-order valence-electron chi connectivity index (χ2n) is 5.73. The minimum atomic E-state index is -0.159. The van der Waals surface area contributed by atoms with Gasteiger partial charge in [-0.2, -0.15) is 0 Å². The van der Waals surface area contributed by atoms with Crippen LogP contribution in [0.15, 0.2) is 24.3 Å². The molecule has 3 heteroatoms. The highest BCUT2D eigenvalue weighted by atomic mass is 19.1. The third-order valence-corrected chi connectivity index (χ3v) is 3.93. The molecule has 1 heterocycles. The Morgan fingerprint density at radius 1 is 1.37 bits per heavy atom. The SMILES string of the molecule is CC(CC1CCCCN1)N[C@H](C)c1cccc(F)c1. The van der Waals surface area contributed by atoms with E-state index in [1.165, 1.54) is 25.3 Å². The quantitative estimate of drug-likeness (QED) is 0.851. The van der Waals surface area contributed by atoms with Gasteiger partial charge >= 0.3 is 0 Å². The summed E-state index contributed by atoms with van der Waals surface area (Å²) in [5.41, 5.74) is 1.02. The van der Waals surface area contributed by atoms with Gasteiger partial charge in [0.25, 0.3) is 0 Å². The zero-order valence-corrected chi connectivity index (χ0v) is 12.0. The molecule has 0 amide bonds. The van der Waals surface area contributed by atoms with Crippen molar-refractivity contribution < 1.29 is 4.39 Å². The highest BCUT2D eigenvalue weighted by molar-refractivity contribution is 5.19. The first-order chi connectivity index (χ1) is 9.15. The highest BCUT2D eigenvalue weighted by Crippen LogP contribution is 2.17. The summed E-state index contributed by atoms with van der Waals surface area (Å²) in [5, 5.41) is 7.14. The molecule has 2 unspecified atom stereocenters. The Labute approximate surface area is 115 Å². The second kappa shape index (κ2) is 7.01. The van der Waals surface area contributed by atoms with Crippen molar-refractivity contribution in [1.29, 1.82) is 0 Å². The summed E-state index contributed by atoms with van der Waals surface area (Å²) in [6, 6.07) is 8.12. The fraction of sp³-hybridized carbons (Fsp3) is 0.625. The molecule has 0 spiro atoms. The maximum atomic E-state index is 13.2. The van der Waals surface area contributed by atoms with Crippen LogP contribution in [0.3, 0.4) is 0 Å². The molecular formula is C16H25FN2. The van der Waals surface area contributed by atoms with Crippen molar-refractivity contribution in [3.05, 3.63) is 35.6 Å². The van der Waals surface area contributed by atoms with Crippen LogP contribution in [0.25, 0.3) is 0 Å². The lowest BCUT2D eigenvalue weighted by Gasteiger charge is -2.28. The maximum Gasteiger partial charge on any atom is 0.123 e. The molecule has 2 N–H and O–H groups in total. The molecule has 19 heavy (non-hydrogen) atoms. The van der Waals surface area contributed by atoms with Crippen molar-refractivity contribution in [2.45, 2.75) is 57.7 Å². The molecule has 1 aromatic rings. The molecule has 1 aliphatic rings. The molecule has 2 rings (SSSR count). The molecule has 0 bridgehead atoms. The molecule has 0 aliphatic carbocycles. The fourth-order valence-electron chi connectivity index (χ4n) is 2.92. The van der Waals surface area contributed by atoms with Gasteiger partial charge in [-0.3, -0.25) is 0 Å². The summed E-state index contributed by atoms with van der Waals surface area (Å²) in [6.07, 6.45) is 5.06. The molecule has 2 nitrogen and oxygen atoms in total. The summed E-state index contributed by atoms with van der Waals surface area (Å²) in [5.74, 6) is -0.159. The number of hydrogen-bond donors (Lipinski definition) is 2. The molecular weight excluding hydrogens is 239 g/mol. The van der Waals surface area contributed by atoms with Gasteiger partial charge in [0, 0.05) is 18.1 Å². The molecule has 1 saturated heterocycles. The number of hydrogen-bond acceptors (Lipinski definition) is 2. The van der Waals surface area contributed by atoms with Crippen LogP contribution in [0, 0.1) is 5.82 Å². The summed E-state index contributed by atoms with van der Waals surface area (Å²) < 4.78 is 13.2. The van der Waals surface area contributed by atoms with Crippen molar-refractivity contribution in [1.82, 2.24) is 10.6 Å². The molecule has 1 aliphatic heterocycles. The lowest BCUT2D eigenvalue weighted by atomic mass is 9.98. The number of piperidine rings is 1. The van der Waals surface area contributed by atoms with Crippen molar-refractivity contribution in [2.24, 2.45) is 0 Å². The third-order valence-electron chi connectivity index (χ3n) is 3.93. The van der Waals surface area contributed by atoms with Crippen LogP contribution in [-0.4, -0.2) is 18.6 Å². The Morgan fingerprint density at radius 2 is 2.21 bits per heavy atom. The van der Waals surface area contributed by atoms with E-state index in [1.54, 1.807) is 12.1 Å². The summed E-state index contributed by atoms with van der Waals surface area (Å²) >= 11 is 0. The topological polar surface area (TPSA) is 24.1 Å². The van der Waals surface area contributed by atoms with Gasteiger partial charge in [0.1, 0.15) is 5.82 Å². The molecule has 3 atom stereocenters. The van der Waals surface area contributed by atoms with Crippen LogP contribution in [-0.2, 0) is 0 Å². The smallest absolute Gasteiger partial charge is 0.123 e. The predicted octanol–water partition coefficient (Wildman–Crippen LogP) is 3.40. The molecule has 0 saturated carbocycles. The zero-order chi connectivity index (χ0) is 13.7. The lowest BCUT2D eigenvalue weighted by Crippen LogP contribution is -2.40. The van der Waals surface area contributed by atoms with Gasteiger partial charge in [-0.05, 0) is 57.4 Å². The normalized spacial score (nSPS) is 23.0. The minimum Gasteiger partial charge on any atom is -0.314 e. The fourth-order valence-corrected chi connectivity index (χ4v) is 2.92. The Morgan fingerprint density at radius 3 is 2.89 bits per heavy atom. The first-order valence-electron chi connectivity index (χ1n) is 7.40. The van der Waals surface area contributed by atoms with Crippen molar-refractivity contribution >= 4 is 0 Å². The van der Waals surface area contributed by atoms with Crippen LogP contribution >= 0.6 is 0 Å². The number of rotatable bonds is 5. The Bertz CT molecular complexity index is 388. The van der Waals surface area contributed by atoms with Crippen LogP contribution < -0.4 is 10.6 Å².